The monoisotopic (exact) mass is 618 g/mol. The Kier molecular flexibility index (Phi) is 8.50. The number of carbonyl (C=O) groups is 2. The second-order valence-electron chi connectivity index (χ2n) is 9.99. The number of aliphatic hydroxyl groups is 1. The molecule has 5 rings (SSSR count). The van der Waals surface area contributed by atoms with E-state index in [1.54, 1.807) is 6.07 Å². The summed E-state index contributed by atoms with van der Waals surface area (Å²) in [6.07, 6.45) is -1.95. The zero-order valence-corrected chi connectivity index (χ0v) is 22.9. The van der Waals surface area contributed by atoms with Crippen LogP contribution in [0.4, 0.5) is 29.2 Å². The predicted molar refractivity (Wildman–Crippen MR) is 144 cm³/mol. The van der Waals surface area contributed by atoms with Gasteiger partial charge in [-0.2, -0.15) is 5.26 Å². The first kappa shape index (κ1) is 30.1. The standard InChI is InChI=1S/C28H23ClF4N6O4/c29-21-4-2-1-3-20(21)23(24(40)36-18-12-28(32,33)13-18)38(19-10-15(30)9-16(31)11-19)25(41)22-6-8-43-27(42)39(22)26-35-7-5-17(14-34)37-26/h1-5,7,9-11,18,22-23,27,42H,6,8,12-13H2,(H,36,40)/t22-,23-,27?/m0/s1. The highest BCUT2D eigenvalue weighted by Gasteiger charge is 2.48. The van der Waals surface area contributed by atoms with Gasteiger partial charge in [0.15, 0.2) is 0 Å². The molecule has 10 nitrogen and oxygen atoms in total. The van der Waals surface area contributed by atoms with E-state index in [0.29, 0.717) is 6.07 Å². The first-order valence-corrected chi connectivity index (χ1v) is 13.4. The Balaban J connectivity index is 1.64. The summed E-state index contributed by atoms with van der Waals surface area (Å²) in [6.45, 7) is -0.155. The third-order valence-electron chi connectivity index (χ3n) is 7.01. The van der Waals surface area contributed by atoms with E-state index in [-0.39, 0.29) is 35.3 Å². The second kappa shape index (κ2) is 12.1. The molecule has 2 amide bonds. The third kappa shape index (κ3) is 6.38. The number of aliphatic hydroxyl groups excluding tert-OH is 1. The van der Waals surface area contributed by atoms with Gasteiger partial charge in [-0.15, -0.1) is 0 Å². The highest BCUT2D eigenvalue weighted by molar-refractivity contribution is 6.31. The van der Waals surface area contributed by atoms with Gasteiger partial charge in [-0.1, -0.05) is 29.8 Å². The SMILES string of the molecule is N#Cc1ccnc(N2C(O)OCC[C@H]2C(=O)N(c2cc(F)cc(F)c2)[C@H](C(=O)NC2CC(F)(F)C2)c2ccccc2Cl)n1. The molecule has 2 aromatic carbocycles. The molecule has 0 spiro atoms. The molecule has 1 unspecified atom stereocenters. The van der Waals surface area contributed by atoms with Crippen LogP contribution < -0.4 is 15.1 Å². The summed E-state index contributed by atoms with van der Waals surface area (Å²) in [5, 5.41) is 22.5. The molecule has 1 aromatic heterocycles. The first-order valence-electron chi connectivity index (χ1n) is 13.0. The molecule has 2 heterocycles. The van der Waals surface area contributed by atoms with Crippen LogP contribution in [-0.4, -0.2) is 57.9 Å². The maximum absolute atomic E-state index is 14.6. The molecule has 0 bridgehead atoms. The Hall–Kier alpha value is -4.32. The van der Waals surface area contributed by atoms with Crippen LogP contribution in [0.15, 0.2) is 54.7 Å². The number of hydrogen-bond acceptors (Lipinski definition) is 8. The molecule has 2 fully saturated rings. The highest BCUT2D eigenvalue weighted by atomic mass is 35.5. The van der Waals surface area contributed by atoms with Crippen LogP contribution in [0, 0.1) is 23.0 Å². The van der Waals surface area contributed by atoms with Gasteiger partial charge in [-0.3, -0.25) is 19.4 Å². The molecule has 1 aliphatic carbocycles. The van der Waals surface area contributed by atoms with Crippen LogP contribution >= 0.6 is 11.6 Å². The Morgan fingerprint density at radius 2 is 1.88 bits per heavy atom. The van der Waals surface area contributed by atoms with Crippen LogP contribution in [0.25, 0.3) is 0 Å². The van der Waals surface area contributed by atoms with E-state index in [0.717, 1.165) is 21.9 Å². The Labute approximate surface area is 247 Å². The fourth-order valence-corrected chi connectivity index (χ4v) is 5.29. The maximum atomic E-state index is 14.6. The van der Waals surface area contributed by atoms with Gasteiger partial charge >= 0.3 is 0 Å². The lowest BCUT2D eigenvalue weighted by Gasteiger charge is -2.42. The van der Waals surface area contributed by atoms with Gasteiger partial charge in [0.2, 0.25) is 18.3 Å². The summed E-state index contributed by atoms with van der Waals surface area (Å²) >= 11 is 6.45. The number of amides is 2. The van der Waals surface area contributed by atoms with E-state index in [1.165, 1.54) is 30.5 Å². The number of anilines is 2. The van der Waals surface area contributed by atoms with Crippen LogP contribution in [0.5, 0.6) is 0 Å². The molecule has 1 saturated heterocycles. The summed E-state index contributed by atoms with van der Waals surface area (Å²) in [4.78, 5) is 38.2. The largest absolute Gasteiger partial charge is 0.351 e. The Bertz CT molecular complexity index is 1560. The van der Waals surface area contributed by atoms with Crippen molar-refractivity contribution in [3.05, 3.63) is 82.6 Å². The first-order chi connectivity index (χ1) is 20.5. The number of ether oxygens (including phenoxy) is 1. The van der Waals surface area contributed by atoms with Gasteiger partial charge in [0.1, 0.15) is 35.5 Å². The van der Waals surface area contributed by atoms with E-state index in [1.807, 2.05) is 6.07 Å². The Morgan fingerprint density at radius 1 is 1.19 bits per heavy atom. The van der Waals surface area contributed by atoms with Gasteiger partial charge in [0.25, 0.3) is 11.8 Å². The lowest BCUT2D eigenvalue weighted by atomic mass is 9.87. The minimum absolute atomic E-state index is 0.00480. The molecule has 3 aromatic rings. The van der Waals surface area contributed by atoms with Crippen molar-refractivity contribution in [2.24, 2.45) is 0 Å². The molecular weight excluding hydrogens is 596 g/mol. The zero-order chi connectivity index (χ0) is 30.9. The lowest BCUT2D eigenvalue weighted by molar-refractivity contribution is -0.143. The summed E-state index contributed by atoms with van der Waals surface area (Å²) in [5.41, 5.74) is -0.453. The molecular formula is C28H23ClF4N6O4. The van der Waals surface area contributed by atoms with Crippen molar-refractivity contribution in [2.75, 3.05) is 16.4 Å². The number of carbonyl (C=O) groups excluding carboxylic acids is 2. The molecule has 1 aliphatic heterocycles. The smallest absolute Gasteiger partial charge is 0.252 e. The molecule has 3 atom stereocenters. The normalized spacial score (nSPS) is 20.4. The van der Waals surface area contributed by atoms with Crippen LogP contribution in [-0.2, 0) is 14.3 Å². The number of nitrogens with one attached hydrogen (secondary N) is 1. The predicted octanol–water partition coefficient (Wildman–Crippen LogP) is 3.84. The quantitative estimate of drug-likeness (QED) is 0.382. The summed E-state index contributed by atoms with van der Waals surface area (Å²) in [5.74, 6) is -7.29. The minimum Gasteiger partial charge on any atom is -0.351 e. The molecule has 224 valence electrons. The minimum atomic E-state index is -2.98. The van der Waals surface area contributed by atoms with Crippen LogP contribution in [0.1, 0.15) is 36.6 Å². The molecule has 43 heavy (non-hydrogen) atoms. The number of rotatable bonds is 7. The number of halogens is 5. The van der Waals surface area contributed by atoms with E-state index in [2.05, 4.69) is 15.3 Å². The number of hydrogen-bond donors (Lipinski definition) is 2. The van der Waals surface area contributed by atoms with Crippen LogP contribution in [0.3, 0.4) is 0 Å². The van der Waals surface area contributed by atoms with Crippen molar-refractivity contribution in [3.8, 4) is 6.07 Å². The molecule has 1 saturated carbocycles. The molecule has 2 N–H and O–H groups in total. The fraction of sp³-hybridized carbons (Fsp3) is 0.321. The van der Waals surface area contributed by atoms with Crippen molar-refractivity contribution in [2.45, 2.75) is 49.7 Å². The average molecular weight is 619 g/mol. The fourth-order valence-electron chi connectivity index (χ4n) is 5.05. The second-order valence-corrected chi connectivity index (χ2v) is 10.4. The van der Waals surface area contributed by atoms with E-state index in [9.17, 15) is 37.5 Å². The van der Waals surface area contributed by atoms with Crippen molar-refractivity contribution in [3.63, 3.8) is 0 Å². The average Bonchev–Trinajstić information content (AvgIpc) is 2.94. The summed E-state index contributed by atoms with van der Waals surface area (Å²) in [6, 6.07) is 7.20. The van der Waals surface area contributed by atoms with Crippen LogP contribution in [0.2, 0.25) is 5.02 Å². The number of aromatic nitrogens is 2. The summed E-state index contributed by atoms with van der Waals surface area (Å²) in [7, 11) is 0. The Morgan fingerprint density at radius 3 is 2.53 bits per heavy atom. The maximum Gasteiger partial charge on any atom is 0.252 e. The van der Waals surface area contributed by atoms with Gasteiger partial charge in [-0.05, 0) is 24.3 Å². The number of alkyl halides is 2. The van der Waals surface area contributed by atoms with Gasteiger partial charge in [-0.25, -0.2) is 27.5 Å². The third-order valence-corrected chi connectivity index (χ3v) is 7.36. The van der Waals surface area contributed by atoms with Crippen molar-refractivity contribution in [1.82, 2.24) is 15.3 Å². The van der Waals surface area contributed by atoms with E-state index >= 15 is 0 Å². The number of nitrogens with zero attached hydrogens (tertiary/aromatic N) is 5. The van der Waals surface area contributed by atoms with Gasteiger partial charge in [0.05, 0.1) is 12.3 Å². The van der Waals surface area contributed by atoms with E-state index in [4.69, 9.17) is 16.3 Å². The molecule has 0 radical (unpaired) electrons. The lowest BCUT2D eigenvalue weighted by Crippen LogP contribution is -2.60. The number of benzene rings is 2. The molecule has 2 aliphatic rings. The number of nitriles is 1. The van der Waals surface area contributed by atoms with Gasteiger partial charge in [0, 0.05) is 48.2 Å². The van der Waals surface area contributed by atoms with Crippen molar-refractivity contribution in [1.29, 1.82) is 5.26 Å². The van der Waals surface area contributed by atoms with Crippen molar-refractivity contribution < 1.29 is 37.0 Å². The summed E-state index contributed by atoms with van der Waals surface area (Å²) < 4.78 is 61.7. The topological polar surface area (TPSA) is 132 Å². The van der Waals surface area contributed by atoms with Gasteiger partial charge < -0.3 is 15.2 Å². The zero-order valence-electron chi connectivity index (χ0n) is 22.1. The van der Waals surface area contributed by atoms with E-state index < -0.39 is 72.4 Å². The highest BCUT2D eigenvalue weighted by Crippen LogP contribution is 2.39. The molecule has 15 heteroatoms. The van der Waals surface area contributed by atoms with Crippen molar-refractivity contribution >= 4 is 35.1 Å².